The van der Waals surface area contributed by atoms with Crippen molar-refractivity contribution < 1.29 is 9.53 Å². The summed E-state index contributed by atoms with van der Waals surface area (Å²) in [7, 11) is 1.38. The van der Waals surface area contributed by atoms with Crippen LogP contribution >= 0.6 is 27.3 Å². The second-order valence-corrected chi connectivity index (χ2v) is 6.70. The highest BCUT2D eigenvalue weighted by atomic mass is 79.9. The van der Waals surface area contributed by atoms with Crippen LogP contribution in [0.4, 0.5) is 0 Å². The average molecular weight is 306 g/mol. The van der Waals surface area contributed by atoms with Gasteiger partial charge in [0.2, 0.25) is 0 Å². The Labute approximate surface area is 108 Å². The van der Waals surface area contributed by atoms with E-state index >= 15 is 0 Å². The number of aryl methyl sites for hydroxylation is 1. The van der Waals surface area contributed by atoms with Crippen LogP contribution < -0.4 is 5.73 Å². The summed E-state index contributed by atoms with van der Waals surface area (Å²) in [6.07, 6.45) is 0. The number of nitrogens with two attached hydrogens (primary N) is 1. The van der Waals surface area contributed by atoms with Crippen LogP contribution in [-0.2, 0) is 9.53 Å². The Hall–Kier alpha value is -0.390. The van der Waals surface area contributed by atoms with E-state index in [9.17, 15) is 4.79 Å². The van der Waals surface area contributed by atoms with Crippen molar-refractivity contribution in [3.8, 4) is 0 Å². The van der Waals surface area contributed by atoms with E-state index in [-0.39, 0.29) is 12.0 Å². The molecule has 1 aromatic heterocycles. The van der Waals surface area contributed by atoms with Gasteiger partial charge in [-0.1, -0.05) is 0 Å². The molecule has 1 heterocycles. The standard InChI is InChI=1S/C11H16BrNO2S/c1-6-5-7(16-9(6)12)8(13)11(2,3)10(14)15-4/h5,8H,13H2,1-4H3/t8-/m1/s1. The first-order chi connectivity index (χ1) is 7.30. The number of ether oxygens (including phenoxy) is 1. The van der Waals surface area contributed by atoms with Gasteiger partial charge >= 0.3 is 5.97 Å². The van der Waals surface area contributed by atoms with Crippen LogP contribution in [0, 0.1) is 12.3 Å². The van der Waals surface area contributed by atoms with Gasteiger partial charge < -0.3 is 10.5 Å². The number of hydrogen-bond acceptors (Lipinski definition) is 4. The number of carbonyl (C=O) groups excluding carboxylic acids is 1. The summed E-state index contributed by atoms with van der Waals surface area (Å²) in [4.78, 5) is 12.6. The van der Waals surface area contributed by atoms with Crippen LogP contribution in [0.2, 0.25) is 0 Å². The van der Waals surface area contributed by atoms with Crippen LogP contribution in [0.15, 0.2) is 9.85 Å². The van der Waals surface area contributed by atoms with E-state index in [4.69, 9.17) is 10.5 Å². The fourth-order valence-corrected chi connectivity index (χ4v) is 3.14. The van der Waals surface area contributed by atoms with E-state index in [0.717, 1.165) is 14.2 Å². The quantitative estimate of drug-likeness (QED) is 0.873. The number of hydrogen-bond donors (Lipinski definition) is 1. The number of halogens is 1. The van der Waals surface area contributed by atoms with Crippen molar-refractivity contribution in [2.24, 2.45) is 11.1 Å². The zero-order valence-electron chi connectivity index (χ0n) is 9.83. The third kappa shape index (κ3) is 2.47. The smallest absolute Gasteiger partial charge is 0.313 e. The Kier molecular flexibility index (Phi) is 4.15. The molecule has 0 aliphatic rings. The van der Waals surface area contributed by atoms with E-state index in [0.29, 0.717) is 0 Å². The fourth-order valence-electron chi connectivity index (χ4n) is 1.38. The molecule has 0 spiro atoms. The lowest BCUT2D eigenvalue weighted by Crippen LogP contribution is -2.36. The number of rotatable bonds is 3. The van der Waals surface area contributed by atoms with Crippen molar-refractivity contribution in [2.75, 3.05) is 7.11 Å². The first kappa shape index (κ1) is 13.7. The molecule has 3 nitrogen and oxygen atoms in total. The number of thiophene rings is 1. The molecule has 2 N–H and O–H groups in total. The summed E-state index contributed by atoms with van der Waals surface area (Å²) in [6.45, 7) is 5.60. The summed E-state index contributed by atoms with van der Waals surface area (Å²) in [5, 5.41) is 0. The summed E-state index contributed by atoms with van der Waals surface area (Å²) < 4.78 is 5.82. The molecule has 0 unspecified atom stereocenters. The molecular weight excluding hydrogens is 290 g/mol. The highest BCUT2D eigenvalue weighted by Gasteiger charge is 2.37. The molecule has 0 saturated carbocycles. The second kappa shape index (κ2) is 4.85. The lowest BCUT2D eigenvalue weighted by Gasteiger charge is -2.27. The Morgan fingerprint density at radius 1 is 1.62 bits per heavy atom. The predicted octanol–water partition coefficient (Wildman–Crippen LogP) is 3.02. The SMILES string of the molecule is COC(=O)C(C)(C)[C@H](N)c1cc(C)c(Br)s1. The Morgan fingerprint density at radius 2 is 2.19 bits per heavy atom. The van der Waals surface area contributed by atoms with Crippen LogP contribution in [0.3, 0.4) is 0 Å². The van der Waals surface area contributed by atoms with Gasteiger partial charge in [-0.25, -0.2) is 0 Å². The van der Waals surface area contributed by atoms with Crippen molar-refractivity contribution in [1.82, 2.24) is 0 Å². The monoisotopic (exact) mass is 305 g/mol. The Morgan fingerprint density at radius 3 is 2.56 bits per heavy atom. The minimum absolute atomic E-state index is 0.290. The van der Waals surface area contributed by atoms with E-state index in [1.807, 2.05) is 13.0 Å². The molecule has 1 aromatic rings. The minimum atomic E-state index is -0.717. The van der Waals surface area contributed by atoms with Crippen molar-refractivity contribution in [3.63, 3.8) is 0 Å². The van der Waals surface area contributed by atoms with Crippen LogP contribution in [-0.4, -0.2) is 13.1 Å². The van der Waals surface area contributed by atoms with E-state index in [1.54, 1.807) is 25.2 Å². The molecule has 0 fully saturated rings. The van der Waals surface area contributed by atoms with Crippen molar-refractivity contribution in [3.05, 3.63) is 20.3 Å². The van der Waals surface area contributed by atoms with E-state index in [2.05, 4.69) is 15.9 Å². The van der Waals surface area contributed by atoms with E-state index in [1.165, 1.54) is 7.11 Å². The zero-order valence-corrected chi connectivity index (χ0v) is 12.2. The summed E-state index contributed by atoms with van der Waals surface area (Å²) >= 11 is 5.01. The minimum Gasteiger partial charge on any atom is -0.469 e. The first-order valence-electron chi connectivity index (χ1n) is 4.90. The molecule has 1 rings (SSSR count). The van der Waals surface area contributed by atoms with Gasteiger partial charge in [-0.3, -0.25) is 4.79 Å². The third-order valence-corrected chi connectivity index (χ3v) is 4.89. The maximum Gasteiger partial charge on any atom is 0.313 e. The molecule has 0 bridgehead atoms. The highest BCUT2D eigenvalue weighted by molar-refractivity contribution is 9.11. The Bertz CT molecular complexity index is 381. The van der Waals surface area contributed by atoms with Gasteiger partial charge in [-0.15, -0.1) is 11.3 Å². The highest BCUT2D eigenvalue weighted by Crippen LogP contribution is 2.38. The molecule has 5 heteroatoms. The molecule has 0 amide bonds. The number of esters is 1. The zero-order chi connectivity index (χ0) is 12.5. The average Bonchev–Trinajstić information content (AvgIpc) is 2.56. The van der Waals surface area contributed by atoms with Gasteiger partial charge in [0.1, 0.15) is 0 Å². The van der Waals surface area contributed by atoms with Crippen LogP contribution in [0.25, 0.3) is 0 Å². The third-order valence-electron chi connectivity index (χ3n) is 2.67. The van der Waals surface area contributed by atoms with Gasteiger partial charge in [0, 0.05) is 4.88 Å². The molecule has 16 heavy (non-hydrogen) atoms. The molecule has 1 atom stereocenters. The molecule has 0 aliphatic carbocycles. The van der Waals surface area contributed by atoms with Crippen LogP contribution in [0.1, 0.15) is 30.3 Å². The second-order valence-electron chi connectivity index (χ2n) is 4.30. The molecule has 90 valence electrons. The van der Waals surface area contributed by atoms with Gasteiger partial charge in [-0.2, -0.15) is 0 Å². The molecule has 0 aliphatic heterocycles. The summed E-state index contributed by atoms with van der Waals surface area (Å²) in [6, 6.07) is 1.65. The lowest BCUT2D eigenvalue weighted by atomic mass is 9.84. The van der Waals surface area contributed by atoms with Crippen molar-refractivity contribution >= 4 is 33.2 Å². The normalized spacial score (nSPS) is 13.6. The summed E-state index contributed by atoms with van der Waals surface area (Å²) in [5.74, 6) is -0.290. The number of carbonyl (C=O) groups is 1. The van der Waals surface area contributed by atoms with Gasteiger partial charge in [0.05, 0.1) is 22.4 Å². The predicted molar refractivity (Wildman–Crippen MR) is 69.5 cm³/mol. The van der Waals surface area contributed by atoms with Gasteiger partial charge in [0.15, 0.2) is 0 Å². The van der Waals surface area contributed by atoms with Crippen molar-refractivity contribution in [1.29, 1.82) is 0 Å². The maximum absolute atomic E-state index is 11.6. The van der Waals surface area contributed by atoms with E-state index < -0.39 is 5.41 Å². The topological polar surface area (TPSA) is 52.3 Å². The number of methoxy groups -OCH3 is 1. The van der Waals surface area contributed by atoms with Crippen LogP contribution in [0.5, 0.6) is 0 Å². The van der Waals surface area contributed by atoms with Gasteiger partial charge in [0.25, 0.3) is 0 Å². The molecule has 0 radical (unpaired) electrons. The largest absolute Gasteiger partial charge is 0.469 e. The molecule has 0 aromatic carbocycles. The lowest BCUT2D eigenvalue weighted by molar-refractivity contribution is -0.152. The summed E-state index contributed by atoms with van der Waals surface area (Å²) in [5.41, 5.74) is 6.54. The Balaban J connectivity index is 3.01. The first-order valence-corrected chi connectivity index (χ1v) is 6.51. The van der Waals surface area contributed by atoms with Gasteiger partial charge in [-0.05, 0) is 48.3 Å². The fraction of sp³-hybridized carbons (Fsp3) is 0.545. The van der Waals surface area contributed by atoms with Crippen molar-refractivity contribution in [2.45, 2.75) is 26.8 Å². The maximum atomic E-state index is 11.6. The molecule has 0 saturated heterocycles. The molecular formula is C11H16BrNO2S.